The smallest absolute Gasteiger partial charge is 0.256 e. The van der Waals surface area contributed by atoms with E-state index >= 15 is 0 Å². The number of benzene rings is 1. The lowest BCUT2D eigenvalue weighted by atomic mass is 10.2. The Labute approximate surface area is 118 Å². The van der Waals surface area contributed by atoms with E-state index < -0.39 is 17.9 Å². The van der Waals surface area contributed by atoms with Crippen molar-refractivity contribution in [3.8, 4) is 0 Å². The first-order valence-corrected chi connectivity index (χ1v) is 6.62. The highest BCUT2D eigenvalue weighted by Gasteiger charge is 2.31. The van der Waals surface area contributed by atoms with Gasteiger partial charge in [0.1, 0.15) is 0 Å². The van der Waals surface area contributed by atoms with Gasteiger partial charge in [0.2, 0.25) is 5.91 Å². The van der Waals surface area contributed by atoms with Gasteiger partial charge in [-0.3, -0.25) is 14.4 Å². The van der Waals surface area contributed by atoms with E-state index in [4.69, 9.17) is 0 Å². The number of rotatable bonds is 4. The molecule has 108 valence electrons. The molecule has 0 unspecified atom stereocenters. The lowest BCUT2D eigenvalue weighted by Crippen LogP contribution is -2.50. The Balaban J connectivity index is 0.00000220. The Bertz CT molecular complexity index is 511. The molecule has 1 aliphatic heterocycles. The van der Waals surface area contributed by atoms with Crippen LogP contribution in [0.5, 0.6) is 0 Å². The molecule has 0 aromatic heterocycles. The standard InChI is InChI=1S/C14H17N3O3.H2/c1-2-3-8-11(18)17-12-13(19)15-9-6-4-5-7-10(9)16-14(12)20;/h4-7,12H,2-3,8H2,1H3,(H,15,19)(H,16,20)(H,17,18);1H. The van der Waals surface area contributed by atoms with E-state index in [9.17, 15) is 14.4 Å². The molecule has 0 atom stereocenters. The van der Waals surface area contributed by atoms with Crippen LogP contribution in [0.4, 0.5) is 11.4 Å². The SMILES string of the molecule is CCCCC(=O)NC1C(=O)Nc2ccccc2NC1=O.[HH]. The third-order valence-corrected chi connectivity index (χ3v) is 3.03. The van der Waals surface area contributed by atoms with Gasteiger partial charge in [-0.15, -0.1) is 0 Å². The predicted octanol–water partition coefficient (Wildman–Crippen LogP) is 1.50. The van der Waals surface area contributed by atoms with Gasteiger partial charge in [0.15, 0.2) is 6.04 Å². The van der Waals surface area contributed by atoms with Gasteiger partial charge in [-0.2, -0.15) is 0 Å². The molecule has 3 amide bonds. The van der Waals surface area contributed by atoms with Crippen LogP contribution in [0.1, 0.15) is 27.6 Å². The fourth-order valence-electron chi connectivity index (χ4n) is 1.93. The third-order valence-electron chi connectivity index (χ3n) is 3.03. The van der Waals surface area contributed by atoms with E-state index in [1.54, 1.807) is 24.3 Å². The number of carbonyl (C=O) groups is 3. The minimum atomic E-state index is -1.20. The molecule has 1 aromatic carbocycles. The number of fused-ring (bicyclic) bond motifs is 1. The van der Waals surface area contributed by atoms with Gasteiger partial charge >= 0.3 is 0 Å². The first-order chi connectivity index (χ1) is 9.61. The molecule has 0 radical (unpaired) electrons. The highest BCUT2D eigenvalue weighted by atomic mass is 16.2. The predicted molar refractivity (Wildman–Crippen MR) is 77.3 cm³/mol. The Morgan fingerprint density at radius 2 is 1.75 bits per heavy atom. The summed E-state index contributed by atoms with van der Waals surface area (Å²) in [6.07, 6.45) is 1.91. The van der Waals surface area contributed by atoms with Gasteiger partial charge in [0.25, 0.3) is 11.8 Å². The lowest BCUT2D eigenvalue weighted by Gasteiger charge is -2.13. The maximum atomic E-state index is 12.0. The quantitative estimate of drug-likeness (QED) is 0.729. The molecular formula is C14H19N3O3. The molecule has 3 N–H and O–H groups in total. The van der Waals surface area contributed by atoms with E-state index in [1.807, 2.05) is 6.92 Å². The summed E-state index contributed by atoms with van der Waals surface area (Å²) in [6.45, 7) is 1.97. The monoisotopic (exact) mass is 277 g/mol. The van der Waals surface area contributed by atoms with Crippen molar-refractivity contribution in [2.45, 2.75) is 32.2 Å². The molecule has 6 nitrogen and oxygen atoms in total. The first kappa shape index (κ1) is 14.0. The number of hydrogen-bond acceptors (Lipinski definition) is 3. The van der Waals surface area contributed by atoms with Crippen LogP contribution in [0.15, 0.2) is 24.3 Å². The molecule has 0 aliphatic carbocycles. The molecule has 0 saturated heterocycles. The Morgan fingerprint density at radius 1 is 1.20 bits per heavy atom. The number of para-hydroxylation sites is 2. The van der Waals surface area contributed by atoms with Gasteiger partial charge in [-0.1, -0.05) is 25.5 Å². The molecule has 1 heterocycles. The highest BCUT2D eigenvalue weighted by molar-refractivity contribution is 6.19. The maximum absolute atomic E-state index is 12.0. The molecule has 6 heteroatoms. The number of unbranched alkanes of at least 4 members (excludes halogenated alkanes) is 1. The van der Waals surface area contributed by atoms with E-state index in [0.29, 0.717) is 17.8 Å². The minimum absolute atomic E-state index is 0. The fraction of sp³-hybridized carbons (Fsp3) is 0.357. The Hall–Kier alpha value is -2.37. The van der Waals surface area contributed by atoms with E-state index in [1.165, 1.54) is 0 Å². The normalized spacial score (nSPS) is 14.8. The van der Waals surface area contributed by atoms with Crippen molar-refractivity contribution in [1.29, 1.82) is 0 Å². The van der Waals surface area contributed by atoms with E-state index in [0.717, 1.165) is 12.8 Å². The summed E-state index contributed by atoms with van der Waals surface area (Å²) in [6, 6.07) is 5.69. The van der Waals surface area contributed by atoms with Crippen molar-refractivity contribution < 1.29 is 15.8 Å². The first-order valence-electron chi connectivity index (χ1n) is 6.62. The molecule has 0 spiro atoms. The van der Waals surface area contributed by atoms with Crippen LogP contribution >= 0.6 is 0 Å². The zero-order valence-corrected chi connectivity index (χ0v) is 11.2. The number of hydrogen-bond donors (Lipinski definition) is 3. The second-order valence-corrected chi connectivity index (χ2v) is 4.63. The van der Waals surface area contributed by atoms with Crippen molar-refractivity contribution in [2.24, 2.45) is 0 Å². The largest absolute Gasteiger partial charge is 0.337 e. The molecule has 2 rings (SSSR count). The summed E-state index contributed by atoms with van der Waals surface area (Å²) in [5.74, 6) is -1.36. The van der Waals surface area contributed by atoms with Crippen molar-refractivity contribution in [2.75, 3.05) is 10.6 Å². The van der Waals surface area contributed by atoms with E-state index in [2.05, 4.69) is 16.0 Å². The van der Waals surface area contributed by atoms with E-state index in [-0.39, 0.29) is 7.33 Å². The van der Waals surface area contributed by atoms with Gasteiger partial charge in [0, 0.05) is 7.85 Å². The van der Waals surface area contributed by atoms with Crippen LogP contribution in [-0.2, 0) is 14.4 Å². The van der Waals surface area contributed by atoms with Crippen LogP contribution in [0, 0.1) is 0 Å². The van der Waals surface area contributed by atoms with Crippen molar-refractivity contribution in [3.05, 3.63) is 24.3 Å². The third kappa shape index (κ3) is 3.14. The lowest BCUT2D eigenvalue weighted by molar-refractivity contribution is -0.132. The molecule has 1 aromatic rings. The van der Waals surface area contributed by atoms with Crippen molar-refractivity contribution >= 4 is 29.1 Å². The van der Waals surface area contributed by atoms with Crippen LogP contribution in [0.3, 0.4) is 0 Å². The summed E-state index contributed by atoms with van der Waals surface area (Å²) >= 11 is 0. The fourth-order valence-corrected chi connectivity index (χ4v) is 1.93. The number of nitrogens with one attached hydrogen (secondary N) is 3. The molecule has 1 aliphatic rings. The zero-order valence-electron chi connectivity index (χ0n) is 11.2. The van der Waals surface area contributed by atoms with Crippen molar-refractivity contribution in [3.63, 3.8) is 0 Å². The van der Waals surface area contributed by atoms with Crippen LogP contribution < -0.4 is 16.0 Å². The second kappa shape index (κ2) is 6.18. The van der Waals surface area contributed by atoms with Crippen LogP contribution in [0.2, 0.25) is 0 Å². The van der Waals surface area contributed by atoms with Crippen LogP contribution in [0.25, 0.3) is 0 Å². The van der Waals surface area contributed by atoms with Gasteiger partial charge in [0.05, 0.1) is 11.4 Å². The summed E-state index contributed by atoms with van der Waals surface area (Å²) in [4.78, 5) is 35.7. The van der Waals surface area contributed by atoms with Gasteiger partial charge < -0.3 is 16.0 Å². The highest BCUT2D eigenvalue weighted by Crippen LogP contribution is 2.23. The summed E-state index contributed by atoms with van der Waals surface area (Å²) in [5.41, 5.74) is 1.05. The minimum Gasteiger partial charge on any atom is -0.337 e. The van der Waals surface area contributed by atoms with Crippen LogP contribution in [-0.4, -0.2) is 23.8 Å². The molecule has 0 bridgehead atoms. The average Bonchev–Trinajstić information content (AvgIpc) is 2.54. The Kier molecular flexibility index (Phi) is 4.34. The maximum Gasteiger partial charge on any atom is 0.256 e. The summed E-state index contributed by atoms with van der Waals surface area (Å²) in [5, 5.41) is 7.72. The molecule has 0 saturated carbocycles. The number of anilines is 2. The molecular weight excluding hydrogens is 258 g/mol. The molecule has 0 fully saturated rings. The van der Waals surface area contributed by atoms with Gasteiger partial charge in [-0.25, -0.2) is 0 Å². The summed E-state index contributed by atoms with van der Waals surface area (Å²) < 4.78 is 0. The Morgan fingerprint density at radius 3 is 2.25 bits per heavy atom. The summed E-state index contributed by atoms with van der Waals surface area (Å²) in [7, 11) is 0. The topological polar surface area (TPSA) is 87.3 Å². The van der Waals surface area contributed by atoms with Crippen molar-refractivity contribution in [1.82, 2.24) is 5.32 Å². The average molecular weight is 277 g/mol. The number of amides is 3. The zero-order chi connectivity index (χ0) is 14.5. The van der Waals surface area contributed by atoms with Gasteiger partial charge in [-0.05, 0) is 18.6 Å². The number of carbonyl (C=O) groups excluding carboxylic acids is 3. The second-order valence-electron chi connectivity index (χ2n) is 4.63. The molecule has 20 heavy (non-hydrogen) atoms.